The first kappa shape index (κ1) is 17.0. The summed E-state index contributed by atoms with van der Waals surface area (Å²) in [6, 6.07) is 18.5. The lowest BCUT2D eigenvalue weighted by atomic mass is 9.84. The second-order valence-electron chi connectivity index (χ2n) is 7.32. The van der Waals surface area contributed by atoms with Crippen molar-refractivity contribution in [1.29, 1.82) is 0 Å². The van der Waals surface area contributed by atoms with Crippen molar-refractivity contribution < 1.29 is 0 Å². The molecular formula is C21H27N2O-. The van der Waals surface area contributed by atoms with Crippen molar-refractivity contribution in [3.63, 3.8) is 0 Å². The fourth-order valence-corrected chi connectivity index (χ4v) is 3.92. The van der Waals surface area contributed by atoms with Crippen molar-refractivity contribution in [1.82, 2.24) is 5.32 Å². The lowest BCUT2D eigenvalue weighted by Crippen LogP contribution is -2.52. The fourth-order valence-electron chi connectivity index (χ4n) is 3.92. The van der Waals surface area contributed by atoms with Crippen LogP contribution in [0.25, 0.3) is 0 Å². The van der Waals surface area contributed by atoms with E-state index >= 15 is 0 Å². The highest BCUT2D eigenvalue weighted by Gasteiger charge is 2.36. The first-order valence-electron chi connectivity index (χ1n) is 8.91. The molecule has 1 heterocycles. The first-order valence-corrected chi connectivity index (χ1v) is 8.91. The number of fused-ring (bicyclic) bond motifs is 1. The van der Waals surface area contributed by atoms with E-state index < -0.39 is 0 Å². The Bertz CT molecular complexity index is 671. The number of rotatable bonds is 4. The third-order valence-electron chi connectivity index (χ3n) is 5.02. The smallest absolute Gasteiger partial charge is 0.0601 e. The van der Waals surface area contributed by atoms with E-state index in [-0.39, 0.29) is 11.6 Å². The predicted octanol–water partition coefficient (Wildman–Crippen LogP) is 4.88. The summed E-state index contributed by atoms with van der Waals surface area (Å²) < 4.78 is 0. The molecule has 2 aromatic rings. The zero-order valence-electron chi connectivity index (χ0n) is 14.8. The van der Waals surface area contributed by atoms with Gasteiger partial charge in [-0.2, -0.15) is 0 Å². The van der Waals surface area contributed by atoms with Crippen LogP contribution in [0.2, 0.25) is 0 Å². The molecular weight excluding hydrogens is 296 g/mol. The van der Waals surface area contributed by atoms with E-state index in [2.05, 4.69) is 56.4 Å². The molecule has 0 spiro atoms. The van der Waals surface area contributed by atoms with Gasteiger partial charge in [0.25, 0.3) is 0 Å². The number of anilines is 1. The molecule has 3 nitrogen and oxygen atoms in total. The maximum absolute atomic E-state index is 12.9. The fraction of sp³-hybridized carbons (Fsp3) is 0.429. The van der Waals surface area contributed by atoms with Gasteiger partial charge in [-0.25, -0.2) is 0 Å². The number of nitrogens with one attached hydrogen (secondary N) is 1. The van der Waals surface area contributed by atoms with Gasteiger partial charge in [0.2, 0.25) is 0 Å². The Balaban J connectivity index is 2.10. The number of nitrogens with zero attached hydrogens (tertiary/aromatic N) is 1. The van der Waals surface area contributed by atoms with Crippen LogP contribution in [-0.4, -0.2) is 12.1 Å². The number of hydrogen-bond acceptors (Lipinski definition) is 3. The van der Waals surface area contributed by atoms with Crippen LogP contribution >= 0.6 is 0 Å². The van der Waals surface area contributed by atoms with Crippen LogP contribution in [0.3, 0.4) is 0 Å². The molecule has 1 aliphatic rings. The van der Waals surface area contributed by atoms with Crippen LogP contribution < -0.4 is 10.4 Å². The van der Waals surface area contributed by atoms with Gasteiger partial charge in [-0.05, 0) is 36.0 Å². The number of hydrogen-bond donors (Lipinski definition) is 1. The van der Waals surface area contributed by atoms with Crippen molar-refractivity contribution >= 4 is 5.69 Å². The Morgan fingerprint density at radius 2 is 1.79 bits per heavy atom. The third-order valence-corrected chi connectivity index (χ3v) is 5.02. The average Bonchev–Trinajstić information content (AvgIpc) is 2.71. The molecule has 1 N–H and O–H groups in total. The van der Waals surface area contributed by atoms with Gasteiger partial charge in [0.15, 0.2) is 0 Å². The Morgan fingerprint density at radius 1 is 1.12 bits per heavy atom. The minimum atomic E-state index is -0.185. The van der Waals surface area contributed by atoms with Gasteiger partial charge in [0.05, 0.1) is 6.04 Å². The van der Waals surface area contributed by atoms with Gasteiger partial charge in [-0.3, -0.25) is 5.32 Å². The molecule has 0 saturated heterocycles. The lowest BCUT2D eigenvalue weighted by molar-refractivity contribution is 0.253. The average molecular weight is 323 g/mol. The Morgan fingerprint density at radius 3 is 2.46 bits per heavy atom. The normalized spacial score (nSPS) is 23.9. The van der Waals surface area contributed by atoms with Crippen molar-refractivity contribution in [3.05, 3.63) is 70.9 Å². The Hall–Kier alpha value is -1.84. The van der Waals surface area contributed by atoms with Gasteiger partial charge in [0.1, 0.15) is 0 Å². The Labute approximate surface area is 145 Å². The van der Waals surface area contributed by atoms with Gasteiger partial charge in [-0.1, -0.05) is 69.3 Å². The maximum Gasteiger partial charge on any atom is 0.0601 e. The molecule has 0 fully saturated rings. The number of para-hydroxylation sites is 1. The van der Waals surface area contributed by atoms with Crippen molar-refractivity contribution in [2.45, 2.75) is 45.2 Å². The molecule has 0 saturated carbocycles. The minimum absolute atomic E-state index is 0.0417. The van der Waals surface area contributed by atoms with Crippen LogP contribution in [0.1, 0.15) is 50.8 Å². The highest BCUT2D eigenvalue weighted by Crippen LogP contribution is 2.38. The first-order chi connectivity index (χ1) is 11.5. The van der Waals surface area contributed by atoms with Gasteiger partial charge < -0.3 is 10.3 Å². The van der Waals surface area contributed by atoms with E-state index in [0.717, 1.165) is 24.1 Å². The van der Waals surface area contributed by atoms with Gasteiger partial charge in [0, 0.05) is 17.8 Å². The molecule has 0 bridgehead atoms. The van der Waals surface area contributed by atoms with Crippen LogP contribution in [0.15, 0.2) is 54.6 Å². The summed E-state index contributed by atoms with van der Waals surface area (Å²) in [6.07, 6.45) is 1.92. The topological polar surface area (TPSA) is 38.3 Å². The van der Waals surface area contributed by atoms with Crippen molar-refractivity contribution in [2.24, 2.45) is 5.92 Å². The van der Waals surface area contributed by atoms with Crippen molar-refractivity contribution in [2.75, 3.05) is 11.6 Å². The van der Waals surface area contributed by atoms with E-state index in [1.165, 1.54) is 10.6 Å². The standard InChI is InChI=1S/C21H27N2O/c1-4-21(14-16(2)3)15-23(24)19-13-9-8-12-18(19)20(22-21)17-10-6-5-7-11-17/h5-13,16,20,22H,4,14-15H2,1-3H3/q-1/t20-,21?/m0/s1. The summed E-state index contributed by atoms with van der Waals surface area (Å²) in [5, 5.41) is 18.0. The predicted molar refractivity (Wildman–Crippen MR) is 101 cm³/mol. The molecule has 3 heteroatoms. The van der Waals surface area contributed by atoms with Crippen molar-refractivity contribution in [3.8, 4) is 0 Å². The van der Waals surface area contributed by atoms with Crippen LogP contribution in [0.5, 0.6) is 0 Å². The van der Waals surface area contributed by atoms with Crippen LogP contribution in [0.4, 0.5) is 5.69 Å². The summed E-state index contributed by atoms with van der Waals surface area (Å²) in [4.78, 5) is 0. The number of hydroxylamine groups is 1. The second-order valence-corrected chi connectivity index (χ2v) is 7.32. The number of benzene rings is 2. The molecule has 2 atom stereocenters. The molecule has 0 amide bonds. The third kappa shape index (κ3) is 3.33. The summed E-state index contributed by atoms with van der Waals surface area (Å²) in [5.74, 6) is 0.531. The molecule has 1 unspecified atom stereocenters. The molecule has 24 heavy (non-hydrogen) atoms. The molecule has 0 aliphatic carbocycles. The molecule has 2 aromatic carbocycles. The molecule has 128 valence electrons. The minimum Gasteiger partial charge on any atom is -0.758 e. The second kappa shape index (κ2) is 6.96. The quantitative estimate of drug-likeness (QED) is 0.871. The van der Waals surface area contributed by atoms with E-state index in [0.29, 0.717) is 12.5 Å². The highest BCUT2D eigenvalue weighted by atomic mass is 16.5. The maximum atomic E-state index is 12.9. The zero-order chi connectivity index (χ0) is 17.2. The van der Waals surface area contributed by atoms with Crippen LogP contribution in [0, 0.1) is 11.1 Å². The largest absolute Gasteiger partial charge is 0.758 e. The summed E-state index contributed by atoms with van der Waals surface area (Å²) >= 11 is 0. The van der Waals surface area contributed by atoms with Gasteiger partial charge in [-0.15, -0.1) is 0 Å². The van der Waals surface area contributed by atoms with Crippen LogP contribution in [-0.2, 0) is 0 Å². The summed E-state index contributed by atoms with van der Waals surface area (Å²) in [5.41, 5.74) is 2.88. The van der Waals surface area contributed by atoms with Gasteiger partial charge >= 0.3 is 0 Å². The molecule has 1 aliphatic heterocycles. The molecule has 3 rings (SSSR count). The SMILES string of the molecule is CCC1(CC(C)C)CN([O-])c2ccccc2[C@H](c2ccccc2)N1. The lowest BCUT2D eigenvalue weighted by Gasteiger charge is -2.42. The Kier molecular flexibility index (Phi) is 4.93. The van der Waals surface area contributed by atoms with E-state index in [1.54, 1.807) is 0 Å². The molecule has 0 radical (unpaired) electrons. The zero-order valence-corrected chi connectivity index (χ0v) is 14.8. The summed E-state index contributed by atoms with van der Waals surface area (Å²) in [7, 11) is 0. The monoisotopic (exact) mass is 323 g/mol. The highest BCUT2D eigenvalue weighted by molar-refractivity contribution is 5.59. The summed E-state index contributed by atoms with van der Waals surface area (Å²) in [6.45, 7) is 7.12. The molecule has 0 aromatic heterocycles. The van der Waals surface area contributed by atoms with E-state index in [1.807, 2.05) is 24.3 Å². The van der Waals surface area contributed by atoms with E-state index in [4.69, 9.17) is 0 Å². The van der Waals surface area contributed by atoms with E-state index in [9.17, 15) is 5.21 Å².